The van der Waals surface area contributed by atoms with Crippen molar-refractivity contribution < 1.29 is 9.53 Å². The summed E-state index contributed by atoms with van der Waals surface area (Å²) in [6.07, 6.45) is 0.781. The van der Waals surface area contributed by atoms with Crippen molar-refractivity contribution in [2.45, 2.75) is 20.3 Å². The molecule has 0 saturated carbocycles. The van der Waals surface area contributed by atoms with Crippen LogP contribution in [0.15, 0.2) is 10.9 Å². The standard InChI is InChI=1S/C14H21N5O3S/c1-4-22-7-5-6-15-11(20)9-18(3)14-17-19-12(21)8-10(2)16-13(19)23-14/h8H,4-7,9H2,1-3H3,(H,15,20). The van der Waals surface area contributed by atoms with Gasteiger partial charge < -0.3 is 15.0 Å². The number of nitrogens with one attached hydrogen (secondary N) is 1. The molecule has 0 aliphatic heterocycles. The van der Waals surface area contributed by atoms with Gasteiger partial charge in [0.1, 0.15) is 0 Å². The van der Waals surface area contributed by atoms with E-state index in [9.17, 15) is 9.59 Å². The molecule has 2 heterocycles. The van der Waals surface area contributed by atoms with Crippen molar-refractivity contribution in [3.05, 3.63) is 22.1 Å². The van der Waals surface area contributed by atoms with Crippen LogP contribution in [0.25, 0.3) is 4.96 Å². The highest BCUT2D eigenvalue weighted by atomic mass is 32.1. The molecular weight excluding hydrogens is 318 g/mol. The van der Waals surface area contributed by atoms with Gasteiger partial charge in [0.25, 0.3) is 5.56 Å². The Bertz CT molecular complexity index is 727. The Balaban J connectivity index is 1.93. The quantitative estimate of drug-likeness (QED) is 0.702. The van der Waals surface area contributed by atoms with Gasteiger partial charge in [-0.2, -0.15) is 4.52 Å². The number of carbonyl (C=O) groups excluding carboxylic acids is 1. The molecule has 0 spiro atoms. The van der Waals surface area contributed by atoms with Crippen LogP contribution in [0.3, 0.4) is 0 Å². The summed E-state index contributed by atoms with van der Waals surface area (Å²) in [4.78, 5) is 30.2. The van der Waals surface area contributed by atoms with Gasteiger partial charge >= 0.3 is 0 Å². The minimum Gasteiger partial charge on any atom is -0.382 e. The minimum atomic E-state index is -0.219. The fourth-order valence-corrected chi connectivity index (χ4v) is 2.86. The lowest BCUT2D eigenvalue weighted by atomic mass is 10.4. The van der Waals surface area contributed by atoms with Gasteiger partial charge in [-0.3, -0.25) is 9.59 Å². The maximum atomic E-state index is 11.9. The van der Waals surface area contributed by atoms with Crippen LogP contribution in [0.4, 0.5) is 5.13 Å². The van der Waals surface area contributed by atoms with E-state index < -0.39 is 0 Å². The van der Waals surface area contributed by atoms with Gasteiger partial charge in [0.05, 0.1) is 6.54 Å². The van der Waals surface area contributed by atoms with Crippen LogP contribution >= 0.6 is 11.3 Å². The molecule has 126 valence electrons. The van der Waals surface area contributed by atoms with Gasteiger partial charge in [-0.25, -0.2) is 4.98 Å². The fraction of sp³-hybridized carbons (Fsp3) is 0.571. The van der Waals surface area contributed by atoms with Gasteiger partial charge in [-0.15, -0.1) is 5.10 Å². The summed E-state index contributed by atoms with van der Waals surface area (Å²) in [6.45, 7) is 5.77. The lowest BCUT2D eigenvalue weighted by Crippen LogP contribution is -2.36. The normalized spacial score (nSPS) is 10.9. The molecule has 2 rings (SSSR count). The van der Waals surface area contributed by atoms with E-state index in [1.54, 1.807) is 18.9 Å². The molecule has 9 heteroatoms. The third-order valence-corrected chi connectivity index (χ3v) is 4.08. The Kier molecular flexibility index (Phi) is 6.05. The highest BCUT2D eigenvalue weighted by Gasteiger charge is 2.13. The number of amides is 1. The molecule has 0 aliphatic rings. The zero-order chi connectivity index (χ0) is 16.8. The van der Waals surface area contributed by atoms with E-state index >= 15 is 0 Å². The second-order valence-electron chi connectivity index (χ2n) is 5.07. The molecule has 0 radical (unpaired) electrons. The number of nitrogens with zero attached hydrogens (tertiary/aromatic N) is 4. The molecule has 0 unspecified atom stereocenters. The number of carbonyl (C=O) groups is 1. The molecule has 2 aromatic rings. The highest BCUT2D eigenvalue weighted by Crippen LogP contribution is 2.19. The Morgan fingerprint density at radius 1 is 1.52 bits per heavy atom. The van der Waals surface area contributed by atoms with Gasteiger partial charge in [-0.05, 0) is 20.3 Å². The number of hydrogen-bond donors (Lipinski definition) is 1. The number of anilines is 1. The molecular formula is C14H21N5O3S. The zero-order valence-corrected chi connectivity index (χ0v) is 14.4. The highest BCUT2D eigenvalue weighted by molar-refractivity contribution is 7.20. The van der Waals surface area contributed by atoms with Crippen molar-refractivity contribution in [3.63, 3.8) is 0 Å². The molecule has 0 saturated heterocycles. The van der Waals surface area contributed by atoms with E-state index in [2.05, 4.69) is 15.4 Å². The summed E-state index contributed by atoms with van der Waals surface area (Å²) in [7, 11) is 1.76. The third kappa shape index (κ3) is 4.73. The molecule has 0 aromatic carbocycles. The fourth-order valence-electron chi connectivity index (χ4n) is 1.95. The van der Waals surface area contributed by atoms with E-state index in [1.807, 2.05) is 6.92 Å². The van der Waals surface area contributed by atoms with Crippen molar-refractivity contribution in [3.8, 4) is 0 Å². The summed E-state index contributed by atoms with van der Waals surface area (Å²) >= 11 is 1.28. The number of rotatable bonds is 8. The van der Waals surface area contributed by atoms with E-state index in [4.69, 9.17) is 4.74 Å². The topological polar surface area (TPSA) is 88.8 Å². The summed E-state index contributed by atoms with van der Waals surface area (Å²) in [5.41, 5.74) is 0.434. The summed E-state index contributed by atoms with van der Waals surface area (Å²) in [5, 5.41) is 7.62. The smallest absolute Gasteiger partial charge is 0.275 e. The molecule has 0 aliphatic carbocycles. The molecule has 2 aromatic heterocycles. The zero-order valence-electron chi connectivity index (χ0n) is 13.5. The first-order chi connectivity index (χ1) is 11.0. The van der Waals surface area contributed by atoms with Crippen molar-refractivity contribution in [1.29, 1.82) is 0 Å². The predicted molar refractivity (Wildman–Crippen MR) is 89.3 cm³/mol. The number of aromatic nitrogens is 3. The van der Waals surface area contributed by atoms with Gasteiger partial charge in [0.15, 0.2) is 0 Å². The van der Waals surface area contributed by atoms with Crippen LogP contribution in [0.1, 0.15) is 19.0 Å². The number of fused-ring (bicyclic) bond motifs is 1. The molecule has 0 bridgehead atoms. The average molecular weight is 339 g/mol. The van der Waals surface area contributed by atoms with E-state index in [-0.39, 0.29) is 18.0 Å². The van der Waals surface area contributed by atoms with Crippen LogP contribution in [-0.4, -0.2) is 53.9 Å². The molecule has 1 N–H and O–H groups in total. The van der Waals surface area contributed by atoms with Gasteiger partial charge in [0.2, 0.25) is 16.0 Å². The number of hydrogen-bond acceptors (Lipinski definition) is 7. The van der Waals surface area contributed by atoms with Crippen LogP contribution in [0.5, 0.6) is 0 Å². The first-order valence-electron chi connectivity index (χ1n) is 7.44. The van der Waals surface area contributed by atoms with Crippen LogP contribution < -0.4 is 15.8 Å². The Morgan fingerprint density at radius 2 is 2.30 bits per heavy atom. The van der Waals surface area contributed by atoms with Crippen LogP contribution in [0, 0.1) is 6.92 Å². The van der Waals surface area contributed by atoms with Crippen molar-refractivity contribution in [2.24, 2.45) is 0 Å². The average Bonchev–Trinajstić information content (AvgIpc) is 2.91. The molecule has 8 nitrogen and oxygen atoms in total. The van der Waals surface area contributed by atoms with Crippen LogP contribution in [0.2, 0.25) is 0 Å². The van der Waals surface area contributed by atoms with Crippen molar-refractivity contribution in [2.75, 3.05) is 38.3 Å². The maximum Gasteiger partial charge on any atom is 0.275 e. The molecule has 0 fully saturated rings. The summed E-state index contributed by atoms with van der Waals surface area (Å²) in [6, 6.07) is 1.43. The molecule has 1 amide bonds. The lowest BCUT2D eigenvalue weighted by molar-refractivity contribution is -0.119. The summed E-state index contributed by atoms with van der Waals surface area (Å²) < 4.78 is 6.46. The summed E-state index contributed by atoms with van der Waals surface area (Å²) in [5.74, 6) is -0.0975. The first kappa shape index (κ1) is 17.4. The number of ether oxygens (including phenoxy) is 1. The Hall–Kier alpha value is -2.00. The monoisotopic (exact) mass is 339 g/mol. The van der Waals surface area contributed by atoms with E-state index in [0.717, 1.165) is 6.42 Å². The molecule has 0 atom stereocenters. The van der Waals surface area contributed by atoms with Gasteiger partial charge in [-0.1, -0.05) is 11.3 Å². The van der Waals surface area contributed by atoms with Crippen LogP contribution in [-0.2, 0) is 9.53 Å². The van der Waals surface area contributed by atoms with E-state index in [0.29, 0.717) is 35.5 Å². The predicted octanol–water partition coefficient (Wildman–Crippen LogP) is 0.438. The minimum absolute atomic E-state index is 0.0975. The van der Waals surface area contributed by atoms with Gasteiger partial charge in [0, 0.05) is 38.6 Å². The molecule has 23 heavy (non-hydrogen) atoms. The first-order valence-corrected chi connectivity index (χ1v) is 8.26. The lowest BCUT2D eigenvalue weighted by Gasteiger charge is -2.14. The van der Waals surface area contributed by atoms with E-state index in [1.165, 1.54) is 21.9 Å². The third-order valence-electron chi connectivity index (χ3n) is 3.06. The van der Waals surface area contributed by atoms with Crippen molar-refractivity contribution >= 4 is 27.3 Å². The second kappa shape index (κ2) is 8.02. The maximum absolute atomic E-state index is 11.9. The largest absolute Gasteiger partial charge is 0.382 e. The second-order valence-corrected chi connectivity index (χ2v) is 6.01. The Morgan fingerprint density at radius 3 is 3.04 bits per heavy atom. The number of likely N-dealkylation sites (N-methyl/N-ethyl adjacent to an activating group) is 1. The SMILES string of the molecule is CCOCCCNC(=O)CN(C)c1nn2c(=O)cc(C)nc2s1. The Labute approximate surface area is 138 Å². The van der Waals surface area contributed by atoms with Crippen molar-refractivity contribution in [1.82, 2.24) is 19.9 Å². The number of aryl methyl sites for hydroxylation is 1.